The van der Waals surface area contributed by atoms with Crippen molar-refractivity contribution < 1.29 is 19.1 Å². The fraction of sp³-hybridized carbons (Fsp3) is 0.393. The van der Waals surface area contributed by atoms with Crippen LogP contribution in [-0.4, -0.2) is 90.1 Å². The van der Waals surface area contributed by atoms with Crippen LogP contribution < -0.4 is 10.1 Å². The second-order valence-corrected chi connectivity index (χ2v) is 10.5. The number of anilines is 1. The number of aryl methyl sites for hydroxylation is 1. The molecule has 0 bridgehead atoms. The number of thiophene rings is 1. The molecule has 10 nitrogen and oxygen atoms in total. The summed E-state index contributed by atoms with van der Waals surface area (Å²) in [6.07, 6.45) is 2.59. The summed E-state index contributed by atoms with van der Waals surface area (Å²) in [5, 5.41) is 11.3. The molecule has 1 N–H and O–H groups in total. The number of nitrogens with zero attached hydrogens (tertiary/aromatic N) is 5. The Labute approximate surface area is 232 Å². The van der Waals surface area contributed by atoms with Gasteiger partial charge in [0.15, 0.2) is 0 Å². The zero-order valence-electron chi connectivity index (χ0n) is 22.3. The van der Waals surface area contributed by atoms with E-state index in [1.165, 1.54) is 0 Å². The molecule has 206 valence electrons. The highest BCUT2D eigenvalue weighted by molar-refractivity contribution is 7.12. The molecule has 3 aromatic rings. The first kappa shape index (κ1) is 26.9. The van der Waals surface area contributed by atoms with Gasteiger partial charge < -0.3 is 24.3 Å². The van der Waals surface area contributed by atoms with E-state index in [1.54, 1.807) is 40.5 Å². The van der Waals surface area contributed by atoms with Gasteiger partial charge >= 0.3 is 6.03 Å². The molecule has 1 atom stereocenters. The summed E-state index contributed by atoms with van der Waals surface area (Å²) in [7, 11) is 3.53. The number of urea groups is 1. The lowest BCUT2D eigenvalue weighted by molar-refractivity contribution is -0.133. The molecule has 0 spiro atoms. The van der Waals surface area contributed by atoms with E-state index < -0.39 is 0 Å². The summed E-state index contributed by atoms with van der Waals surface area (Å²) in [5.74, 6) is 0.323. The summed E-state index contributed by atoms with van der Waals surface area (Å²) in [6.45, 7) is 3.85. The number of morpholine rings is 1. The van der Waals surface area contributed by atoms with E-state index in [0.717, 1.165) is 29.4 Å². The number of carbonyl (C=O) groups is 2. The topological polar surface area (TPSA) is 91.6 Å². The molecule has 3 amide bonds. The number of hydrogen-bond acceptors (Lipinski definition) is 7. The molecule has 5 rings (SSSR count). The third-order valence-corrected chi connectivity index (χ3v) is 7.97. The first-order valence-electron chi connectivity index (χ1n) is 13.1. The van der Waals surface area contributed by atoms with E-state index in [4.69, 9.17) is 14.6 Å². The van der Waals surface area contributed by atoms with Gasteiger partial charge in [0, 0.05) is 51.5 Å². The highest BCUT2D eigenvalue weighted by Crippen LogP contribution is 2.34. The van der Waals surface area contributed by atoms with Crippen molar-refractivity contribution >= 4 is 34.7 Å². The third kappa shape index (κ3) is 6.32. The number of hydrazone groups is 1. The highest BCUT2D eigenvalue weighted by atomic mass is 32.1. The fourth-order valence-corrected chi connectivity index (χ4v) is 5.62. The number of carbonyl (C=O) groups excluding carboxylic acids is 2. The number of para-hydroxylation sites is 2. The summed E-state index contributed by atoms with van der Waals surface area (Å²) >= 11 is 1.61. The Morgan fingerprint density at radius 2 is 1.97 bits per heavy atom. The molecule has 0 radical (unpaired) electrons. The van der Waals surface area contributed by atoms with Gasteiger partial charge in [0.05, 0.1) is 36.6 Å². The first-order valence-corrected chi connectivity index (χ1v) is 13.9. The monoisotopic (exact) mass is 550 g/mol. The predicted octanol–water partition coefficient (Wildman–Crippen LogP) is 3.64. The van der Waals surface area contributed by atoms with Crippen molar-refractivity contribution in [3.05, 3.63) is 70.7 Å². The number of methoxy groups -OCH3 is 1. The molecule has 1 saturated heterocycles. The summed E-state index contributed by atoms with van der Waals surface area (Å²) in [6, 6.07) is 14.6. The van der Waals surface area contributed by atoms with Crippen LogP contribution in [0, 0.1) is 0 Å². The second-order valence-electron chi connectivity index (χ2n) is 9.53. The van der Waals surface area contributed by atoms with Crippen LogP contribution in [0.4, 0.5) is 10.5 Å². The molecule has 0 unspecified atom stereocenters. The second kappa shape index (κ2) is 12.5. The molecule has 2 aliphatic rings. The minimum atomic E-state index is -0.363. The number of aromatic nitrogens is 1. The average Bonchev–Trinajstić information content (AvgIpc) is 3.72. The van der Waals surface area contributed by atoms with Crippen molar-refractivity contribution in [1.82, 2.24) is 19.4 Å². The molecule has 11 heteroatoms. The minimum Gasteiger partial charge on any atom is -0.495 e. The lowest BCUT2D eigenvalue weighted by atomic mass is 10.1. The van der Waals surface area contributed by atoms with E-state index in [2.05, 4.69) is 10.2 Å². The lowest BCUT2D eigenvalue weighted by Gasteiger charge is -2.31. The van der Waals surface area contributed by atoms with Crippen molar-refractivity contribution in [3.63, 3.8) is 0 Å². The summed E-state index contributed by atoms with van der Waals surface area (Å²) < 4.78 is 12.9. The molecule has 4 heterocycles. The molecule has 1 fully saturated rings. The molecule has 1 aromatic carbocycles. The zero-order chi connectivity index (χ0) is 27.2. The van der Waals surface area contributed by atoms with Crippen molar-refractivity contribution in [2.24, 2.45) is 12.1 Å². The van der Waals surface area contributed by atoms with Crippen LogP contribution in [0.25, 0.3) is 0 Å². The molecule has 2 aliphatic heterocycles. The van der Waals surface area contributed by atoms with Gasteiger partial charge in [-0.15, -0.1) is 11.3 Å². The van der Waals surface area contributed by atoms with E-state index in [0.29, 0.717) is 44.2 Å². The predicted molar refractivity (Wildman–Crippen MR) is 151 cm³/mol. The van der Waals surface area contributed by atoms with Gasteiger partial charge in [-0.2, -0.15) is 5.10 Å². The van der Waals surface area contributed by atoms with Crippen molar-refractivity contribution in [2.75, 3.05) is 58.4 Å². The number of benzene rings is 1. The molecule has 0 saturated carbocycles. The number of hydrogen-bond donors (Lipinski definition) is 1. The lowest BCUT2D eigenvalue weighted by Crippen LogP contribution is -2.47. The van der Waals surface area contributed by atoms with E-state index in [-0.39, 0.29) is 24.5 Å². The van der Waals surface area contributed by atoms with Crippen LogP contribution in [0.15, 0.2) is 65.2 Å². The van der Waals surface area contributed by atoms with Crippen molar-refractivity contribution in [3.8, 4) is 5.75 Å². The van der Waals surface area contributed by atoms with E-state index in [9.17, 15) is 9.59 Å². The third-order valence-electron chi connectivity index (χ3n) is 7.05. The van der Waals surface area contributed by atoms with Crippen LogP contribution >= 0.6 is 11.3 Å². The molecular formula is C28H34N6O4S. The Morgan fingerprint density at radius 1 is 1.15 bits per heavy atom. The largest absolute Gasteiger partial charge is 0.495 e. The number of ether oxygens (including phenoxy) is 2. The van der Waals surface area contributed by atoms with Crippen molar-refractivity contribution in [1.29, 1.82) is 0 Å². The SMILES string of the molecule is COc1ccccc1NC(=O)N(CCN1CCOCC1)CC(=O)N1N=C(c2cccs2)C[C@@H]1c1cccn1C. The van der Waals surface area contributed by atoms with Crippen LogP contribution in [0.3, 0.4) is 0 Å². The number of amides is 3. The zero-order valence-corrected chi connectivity index (χ0v) is 23.1. The van der Waals surface area contributed by atoms with E-state index >= 15 is 0 Å². The first-order chi connectivity index (χ1) is 19.0. The summed E-state index contributed by atoms with van der Waals surface area (Å²) in [5.41, 5.74) is 2.43. The van der Waals surface area contributed by atoms with Gasteiger partial charge in [0.25, 0.3) is 5.91 Å². The van der Waals surface area contributed by atoms with Crippen LogP contribution in [0.5, 0.6) is 5.75 Å². The fourth-order valence-electron chi connectivity index (χ4n) is 4.90. The van der Waals surface area contributed by atoms with Gasteiger partial charge in [-0.25, -0.2) is 9.80 Å². The van der Waals surface area contributed by atoms with Gasteiger partial charge in [-0.1, -0.05) is 18.2 Å². The molecule has 2 aromatic heterocycles. The van der Waals surface area contributed by atoms with Gasteiger partial charge in [-0.05, 0) is 35.7 Å². The van der Waals surface area contributed by atoms with Gasteiger partial charge in [-0.3, -0.25) is 9.69 Å². The Kier molecular flexibility index (Phi) is 8.60. The molecule has 39 heavy (non-hydrogen) atoms. The standard InChI is InChI=1S/C28H34N6O4S/c1-31-11-5-8-23(31)24-19-22(26-10-6-18-39-26)30-34(24)27(35)20-33(13-12-32-14-16-38-17-15-32)28(36)29-21-7-3-4-9-25(21)37-2/h3-11,18,24H,12-17,19-20H2,1-2H3,(H,29,36)/t24-/m1/s1. The van der Waals surface area contributed by atoms with E-state index in [1.807, 2.05) is 59.6 Å². The Hall–Kier alpha value is -3.67. The Balaban J connectivity index is 1.37. The maximum absolute atomic E-state index is 13.9. The maximum atomic E-state index is 13.9. The smallest absolute Gasteiger partial charge is 0.322 e. The molecule has 0 aliphatic carbocycles. The molecular weight excluding hydrogens is 516 g/mol. The minimum absolute atomic E-state index is 0.104. The maximum Gasteiger partial charge on any atom is 0.322 e. The Morgan fingerprint density at radius 3 is 2.69 bits per heavy atom. The van der Waals surface area contributed by atoms with Crippen LogP contribution in [-0.2, 0) is 16.6 Å². The van der Waals surface area contributed by atoms with Crippen molar-refractivity contribution in [2.45, 2.75) is 12.5 Å². The Bertz CT molecular complexity index is 1300. The normalized spacial score (nSPS) is 17.6. The number of nitrogens with one attached hydrogen (secondary N) is 1. The highest BCUT2D eigenvalue weighted by Gasteiger charge is 2.36. The van der Waals surface area contributed by atoms with Crippen LogP contribution in [0.1, 0.15) is 23.0 Å². The average molecular weight is 551 g/mol. The van der Waals surface area contributed by atoms with Gasteiger partial charge in [0.2, 0.25) is 0 Å². The quantitative estimate of drug-likeness (QED) is 0.439. The van der Waals surface area contributed by atoms with Crippen LogP contribution in [0.2, 0.25) is 0 Å². The summed E-state index contributed by atoms with van der Waals surface area (Å²) in [4.78, 5) is 32.2. The van der Waals surface area contributed by atoms with Gasteiger partial charge in [0.1, 0.15) is 18.3 Å². The number of rotatable bonds is 9.